The predicted octanol–water partition coefficient (Wildman–Crippen LogP) is 5.34. The van der Waals surface area contributed by atoms with E-state index in [4.69, 9.17) is 4.74 Å². The lowest BCUT2D eigenvalue weighted by atomic mass is 10.1. The molecule has 0 aliphatic rings. The molecule has 0 saturated carbocycles. The standard InChI is InChI=1S/C18H19F3N2O/c1-12-8-16(9-13(2)17(12)22-11-23(3)4)24-15-7-5-6-14(10-15)18(19,20)21/h5-11H,1-4H3. The largest absolute Gasteiger partial charge is 0.457 e. The fraction of sp³-hybridized carbons (Fsp3) is 0.278. The van der Waals surface area contributed by atoms with E-state index in [1.54, 1.807) is 18.5 Å². The van der Waals surface area contributed by atoms with Gasteiger partial charge in [-0.1, -0.05) is 6.07 Å². The molecule has 0 spiro atoms. The molecule has 0 unspecified atom stereocenters. The molecule has 2 aromatic rings. The van der Waals surface area contributed by atoms with E-state index >= 15 is 0 Å². The zero-order valence-electron chi connectivity index (χ0n) is 14.0. The van der Waals surface area contributed by atoms with Crippen LogP contribution in [0.2, 0.25) is 0 Å². The van der Waals surface area contributed by atoms with Crippen molar-refractivity contribution >= 4 is 12.0 Å². The highest BCUT2D eigenvalue weighted by molar-refractivity contribution is 5.66. The number of ether oxygens (including phenoxy) is 1. The van der Waals surface area contributed by atoms with Gasteiger partial charge in [-0.25, -0.2) is 4.99 Å². The van der Waals surface area contributed by atoms with Crippen LogP contribution in [0, 0.1) is 13.8 Å². The van der Waals surface area contributed by atoms with Gasteiger partial charge in [-0.05, 0) is 55.3 Å². The van der Waals surface area contributed by atoms with Crippen LogP contribution >= 0.6 is 0 Å². The first kappa shape index (κ1) is 17.8. The van der Waals surface area contributed by atoms with Gasteiger partial charge in [-0.3, -0.25) is 0 Å². The summed E-state index contributed by atoms with van der Waals surface area (Å²) in [7, 11) is 3.75. The monoisotopic (exact) mass is 336 g/mol. The van der Waals surface area contributed by atoms with Gasteiger partial charge in [0.1, 0.15) is 11.5 Å². The quantitative estimate of drug-likeness (QED) is 0.556. The van der Waals surface area contributed by atoms with Crippen molar-refractivity contribution in [3.8, 4) is 11.5 Å². The van der Waals surface area contributed by atoms with Crippen LogP contribution in [0.25, 0.3) is 0 Å². The van der Waals surface area contributed by atoms with E-state index in [-0.39, 0.29) is 5.75 Å². The van der Waals surface area contributed by atoms with Gasteiger partial charge >= 0.3 is 6.18 Å². The summed E-state index contributed by atoms with van der Waals surface area (Å²) in [6.45, 7) is 3.77. The molecule has 0 aromatic heterocycles. The van der Waals surface area contributed by atoms with E-state index < -0.39 is 11.7 Å². The number of rotatable bonds is 4. The van der Waals surface area contributed by atoms with Gasteiger partial charge in [0.05, 0.1) is 17.6 Å². The van der Waals surface area contributed by atoms with Crippen LogP contribution in [-0.2, 0) is 6.18 Å². The Hall–Kier alpha value is -2.50. The lowest BCUT2D eigenvalue weighted by molar-refractivity contribution is -0.137. The maximum Gasteiger partial charge on any atom is 0.416 e. The Morgan fingerprint density at radius 1 is 1.00 bits per heavy atom. The number of alkyl halides is 3. The summed E-state index contributed by atoms with van der Waals surface area (Å²) in [5.41, 5.74) is 1.85. The van der Waals surface area contributed by atoms with Crippen LogP contribution in [0.1, 0.15) is 16.7 Å². The Labute approximate surface area is 139 Å². The number of hydrogen-bond donors (Lipinski definition) is 0. The lowest BCUT2D eigenvalue weighted by Crippen LogP contribution is -2.07. The summed E-state index contributed by atoms with van der Waals surface area (Å²) in [5, 5.41) is 0. The topological polar surface area (TPSA) is 24.8 Å². The highest BCUT2D eigenvalue weighted by atomic mass is 19.4. The average molecular weight is 336 g/mol. The number of aliphatic imine (C=N–C) groups is 1. The number of aryl methyl sites for hydroxylation is 2. The molecule has 0 N–H and O–H groups in total. The van der Waals surface area contributed by atoms with Crippen LogP contribution in [0.3, 0.4) is 0 Å². The second-order valence-electron chi connectivity index (χ2n) is 5.74. The minimum Gasteiger partial charge on any atom is -0.457 e. The summed E-state index contributed by atoms with van der Waals surface area (Å²) in [5.74, 6) is 0.626. The molecule has 0 heterocycles. The Balaban J connectivity index is 2.29. The molecule has 0 saturated heterocycles. The van der Waals surface area contributed by atoms with Gasteiger partial charge in [-0.2, -0.15) is 13.2 Å². The molecule has 0 amide bonds. The van der Waals surface area contributed by atoms with Crippen LogP contribution < -0.4 is 4.74 Å². The fourth-order valence-electron chi connectivity index (χ4n) is 2.22. The molecule has 6 heteroatoms. The third-order valence-corrected chi connectivity index (χ3v) is 3.28. The first-order valence-corrected chi connectivity index (χ1v) is 7.34. The molecule has 2 rings (SSSR count). The van der Waals surface area contributed by atoms with Crippen molar-refractivity contribution in [2.45, 2.75) is 20.0 Å². The summed E-state index contributed by atoms with van der Waals surface area (Å²) in [4.78, 5) is 6.22. The maximum atomic E-state index is 12.8. The minimum absolute atomic E-state index is 0.146. The molecular formula is C18H19F3N2O. The second kappa shape index (κ2) is 6.95. The van der Waals surface area contributed by atoms with Crippen molar-refractivity contribution in [3.05, 3.63) is 53.1 Å². The zero-order chi connectivity index (χ0) is 17.9. The molecule has 0 fully saturated rings. The Kier molecular flexibility index (Phi) is 5.17. The van der Waals surface area contributed by atoms with Crippen molar-refractivity contribution in [3.63, 3.8) is 0 Å². The van der Waals surface area contributed by atoms with E-state index in [2.05, 4.69) is 4.99 Å². The molecule has 0 aliphatic heterocycles. The van der Waals surface area contributed by atoms with E-state index in [0.29, 0.717) is 5.75 Å². The molecule has 3 nitrogen and oxygen atoms in total. The summed E-state index contributed by atoms with van der Waals surface area (Å²) in [6, 6.07) is 8.35. The van der Waals surface area contributed by atoms with E-state index in [1.807, 2.05) is 32.8 Å². The summed E-state index contributed by atoms with van der Waals surface area (Å²) < 4.78 is 43.9. The van der Waals surface area contributed by atoms with Gasteiger partial charge < -0.3 is 9.64 Å². The number of nitrogens with zero attached hydrogens (tertiary/aromatic N) is 2. The van der Waals surface area contributed by atoms with Crippen molar-refractivity contribution in [1.82, 2.24) is 4.90 Å². The molecule has 0 radical (unpaired) electrons. The van der Waals surface area contributed by atoms with Crippen LogP contribution in [0.4, 0.5) is 18.9 Å². The Morgan fingerprint density at radius 2 is 1.62 bits per heavy atom. The molecule has 2 aromatic carbocycles. The SMILES string of the molecule is Cc1cc(Oc2cccc(C(F)(F)F)c2)cc(C)c1N=CN(C)C. The van der Waals surface area contributed by atoms with Crippen molar-refractivity contribution in [2.75, 3.05) is 14.1 Å². The highest BCUT2D eigenvalue weighted by Crippen LogP contribution is 2.34. The minimum atomic E-state index is -4.39. The van der Waals surface area contributed by atoms with Gasteiger partial charge in [0.25, 0.3) is 0 Å². The van der Waals surface area contributed by atoms with Gasteiger partial charge in [0.15, 0.2) is 0 Å². The molecule has 0 atom stereocenters. The van der Waals surface area contributed by atoms with Gasteiger partial charge in [0.2, 0.25) is 0 Å². The summed E-state index contributed by atoms with van der Waals surface area (Å²) >= 11 is 0. The zero-order valence-corrected chi connectivity index (χ0v) is 14.0. The Bertz CT molecular complexity index is 729. The molecule has 24 heavy (non-hydrogen) atoms. The predicted molar refractivity (Wildman–Crippen MR) is 89.3 cm³/mol. The first-order valence-electron chi connectivity index (χ1n) is 7.34. The average Bonchev–Trinajstić information content (AvgIpc) is 2.45. The van der Waals surface area contributed by atoms with Gasteiger partial charge in [0, 0.05) is 14.1 Å². The highest BCUT2D eigenvalue weighted by Gasteiger charge is 2.30. The first-order chi connectivity index (χ1) is 11.2. The third-order valence-electron chi connectivity index (χ3n) is 3.28. The molecular weight excluding hydrogens is 317 g/mol. The number of halogens is 3. The van der Waals surface area contributed by atoms with Crippen LogP contribution in [-0.4, -0.2) is 25.3 Å². The fourth-order valence-corrected chi connectivity index (χ4v) is 2.22. The number of benzene rings is 2. The Morgan fingerprint density at radius 3 is 2.17 bits per heavy atom. The van der Waals surface area contributed by atoms with Crippen molar-refractivity contribution < 1.29 is 17.9 Å². The van der Waals surface area contributed by atoms with Crippen molar-refractivity contribution in [1.29, 1.82) is 0 Å². The van der Waals surface area contributed by atoms with E-state index in [1.165, 1.54) is 12.1 Å². The second-order valence-corrected chi connectivity index (χ2v) is 5.74. The van der Waals surface area contributed by atoms with Crippen LogP contribution in [0.5, 0.6) is 11.5 Å². The van der Waals surface area contributed by atoms with E-state index in [9.17, 15) is 13.2 Å². The third kappa shape index (κ3) is 4.50. The maximum absolute atomic E-state index is 12.8. The molecule has 0 bridgehead atoms. The molecule has 128 valence electrons. The van der Waals surface area contributed by atoms with E-state index in [0.717, 1.165) is 28.9 Å². The molecule has 0 aliphatic carbocycles. The normalized spacial score (nSPS) is 11.8. The lowest BCUT2D eigenvalue weighted by Gasteiger charge is -2.13. The van der Waals surface area contributed by atoms with Crippen LogP contribution in [0.15, 0.2) is 41.4 Å². The number of hydrogen-bond acceptors (Lipinski definition) is 2. The smallest absolute Gasteiger partial charge is 0.416 e. The van der Waals surface area contributed by atoms with Crippen molar-refractivity contribution in [2.24, 2.45) is 4.99 Å². The van der Waals surface area contributed by atoms with Gasteiger partial charge in [-0.15, -0.1) is 0 Å². The summed E-state index contributed by atoms with van der Waals surface area (Å²) in [6.07, 6.45) is -2.70.